The smallest absolute Gasteiger partial charge is 0.0511 e. The Morgan fingerprint density at radius 1 is 1.46 bits per heavy atom. The molecule has 1 fully saturated rings. The first kappa shape index (κ1) is 11.3. The summed E-state index contributed by atoms with van der Waals surface area (Å²) < 4.78 is 0. The molecule has 0 aromatic heterocycles. The molecular weight excluding hydrogens is 186 g/mol. The maximum atomic E-state index is 9.29. The molecule has 1 heterocycles. The number of hydrogen-bond donors (Lipinski definition) is 1. The van der Waals surface area contributed by atoms with Crippen LogP contribution in [0, 0.1) is 5.41 Å². The highest BCUT2D eigenvalue weighted by atomic mass is 35.5. The first-order chi connectivity index (χ1) is 5.93. The van der Waals surface area contributed by atoms with Gasteiger partial charge in [0.1, 0.15) is 0 Å². The number of halogens is 1. The molecule has 0 saturated carbocycles. The van der Waals surface area contributed by atoms with Crippen molar-refractivity contribution >= 4 is 11.6 Å². The molecule has 0 spiro atoms. The van der Waals surface area contributed by atoms with Crippen LogP contribution in [0.4, 0.5) is 0 Å². The molecule has 13 heavy (non-hydrogen) atoms. The summed E-state index contributed by atoms with van der Waals surface area (Å²) in [6.45, 7) is 8.80. The highest BCUT2D eigenvalue weighted by Gasteiger charge is 2.40. The predicted molar refractivity (Wildman–Crippen MR) is 56.2 cm³/mol. The monoisotopic (exact) mass is 205 g/mol. The van der Waals surface area contributed by atoms with Crippen LogP contribution in [0.25, 0.3) is 0 Å². The van der Waals surface area contributed by atoms with Crippen molar-refractivity contribution in [3.05, 3.63) is 0 Å². The molecule has 0 amide bonds. The number of rotatable bonds is 2. The quantitative estimate of drug-likeness (QED) is 0.694. The lowest BCUT2D eigenvalue weighted by Gasteiger charge is -2.33. The molecule has 1 N–H and O–H groups in total. The van der Waals surface area contributed by atoms with Gasteiger partial charge in [0.2, 0.25) is 0 Å². The number of aliphatic hydroxyl groups is 1. The lowest BCUT2D eigenvalue weighted by Crippen LogP contribution is -2.42. The van der Waals surface area contributed by atoms with Crippen LogP contribution in [-0.4, -0.2) is 41.1 Å². The van der Waals surface area contributed by atoms with Crippen molar-refractivity contribution in [3.8, 4) is 0 Å². The maximum absolute atomic E-state index is 9.29. The maximum Gasteiger partial charge on any atom is 0.0511 e. The van der Waals surface area contributed by atoms with E-state index in [-0.39, 0.29) is 17.6 Å². The van der Waals surface area contributed by atoms with Crippen LogP contribution in [0.5, 0.6) is 0 Å². The first-order valence-corrected chi connectivity index (χ1v) is 5.39. The van der Waals surface area contributed by atoms with E-state index in [0.717, 1.165) is 19.5 Å². The lowest BCUT2D eigenvalue weighted by atomic mass is 9.91. The summed E-state index contributed by atoms with van der Waals surface area (Å²) in [6.07, 6.45) is 1.02. The highest BCUT2D eigenvalue weighted by molar-refractivity contribution is 6.18. The Balaban J connectivity index is 2.62. The summed E-state index contributed by atoms with van der Waals surface area (Å²) in [5.74, 6) is 0.566. The molecule has 0 radical (unpaired) electrons. The minimum Gasteiger partial charge on any atom is -0.396 e. The average Bonchev–Trinajstić information content (AvgIpc) is 2.48. The highest BCUT2D eigenvalue weighted by Crippen LogP contribution is 2.34. The molecule has 0 aliphatic carbocycles. The Hall–Kier alpha value is 0.210. The minimum absolute atomic E-state index is 0.0468. The van der Waals surface area contributed by atoms with Gasteiger partial charge in [0.25, 0.3) is 0 Å². The van der Waals surface area contributed by atoms with Gasteiger partial charge in [-0.1, -0.05) is 0 Å². The molecule has 0 bridgehead atoms. The van der Waals surface area contributed by atoms with Gasteiger partial charge in [-0.25, -0.2) is 0 Å². The molecule has 0 aromatic rings. The molecule has 2 nitrogen and oxygen atoms in total. The van der Waals surface area contributed by atoms with Gasteiger partial charge in [0.05, 0.1) is 6.61 Å². The van der Waals surface area contributed by atoms with Crippen LogP contribution >= 0.6 is 11.6 Å². The van der Waals surface area contributed by atoms with E-state index in [2.05, 4.69) is 25.7 Å². The van der Waals surface area contributed by atoms with Crippen molar-refractivity contribution in [2.75, 3.05) is 25.6 Å². The summed E-state index contributed by atoms with van der Waals surface area (Å²) in [6, 6.07) is 0. The lowest BCUT2D eigenvalue weighted by molar-refractivity contribution is 0.115. The molecule has 1 aliphatic heterocycles. The van der Waals surface area contributed by atoms with Gasteiger partial charge < -0.3 is 5.11 Å². The van der Waals surface area contributed by atoms with Crippen LogP contribution in [-0.2, 0) is 0 Å². The second-order valence-electron chi connectivity index (χ2n) is 5.13. The van der Waals surface area contributed by atoms with Gasteiger partial charge >= 0.3 is 0 Å². The van der Waals surface area contributed by atoms with E-state index in [9.17, 15) is 5.11 Å². The topological polar surface area (TPSA) is 23.5 Å². The zero-order chi connectivity index (χ0) is 10.1. The second-order valence-corrected chi connectivity index (χ2v) is 5.40. The zero-order valence-electron chi connectivity index (χ0n) is 8.81. The molecular formula is C10H20ClNO. The molecule has 1 unspecified atom stereocenters. The van der Waals surface area contributed by atoms with Gasteiger partial charge in [-0.3, -0.25) is 4.90 Å². The molecule has 1 atom stereocenters. The molecule has 1 aliphatic rings. The molecule has 1 saturated heterocycles. The van der Waals surface area contributed by atoms with E-state index in [1.807, 2.05) is 0 Å². The standard InChI is InChI=1S/C10H20ClNO/c1-9(2,3)12-5-4-10(6-11,7-12)8-13/h13H,4-8H2,1-3H3. The van der Waals surface area contributed by atoms with E-state index < -0.39 is 0 Å². The zero-order valence-corrected chi connectivity index (χ0v) is 9.56. The van der Waals surface area contributed by atoms with Crippen molar-refractivity contribution in [3.63, 3.8) is 0 Å². The Morgan fingerprint density at radius 2 is 2.08 bits per heavy atom. The van der Waals surface area contributed by atoms with E-state index in [1.54, 1.807) is 0 Å². The Labute approximate surface area is 85.9 Å². The van der Waals surface area contributed by atoms with Crippen LogP contribution in [0.15, 0.2) is 0 Å². The van der Waals surface area contributed by atoms with Crippen LogP contribution < -0.4 is 0 Å². The fourth-order valence-corrected chi connectivity index (χ4v) is 2.09. The minimum atomic E-state index is -0.0468. The molecule has 1 rings (SSSR count). The fourth-order valence-electron chi connectivity index (χ4n) is 1.79. The number of likely N-dealkylation sites (tertiary alicyclic amines) is 1. The average molecular weight is 206 g/mol. The number of hydrogen-bond acceptors (Lipinski definition) is 2. The predicted octanol–water partition coefficient (Wildman–Crippen LogP) is 1.71. The van der Waals surface area contributed by atoms with Crippen molar-refractivity contribution in [1.29, 1.82) is 0 Å². The van der Waals surface area contributed by atoms with Gasteiger partial charge in [-0.15, -0.1) is 11.6 Å². The molecule has 0 aromatic carbocycles. The normalized spacial score (nSPS) is 31.2. The van der Waals surface area contributed by atoms with Crippen molar-refractivity contribution < 1.29 is 5.11 Å². The third-order valence-corrected chi connectivity index (χ3v) is 3.57. The van der Waals surface area contributed by atoms with E-state index in [1.165, 1.54) is 0 Å². The van der Waals surface area contributed by atoms with Crippen LogP contribution in [0.2, 0.25) is 0 Å². The SMILES string of the molecule is CC(C)(C)N1CCC(CO)(CCl)C1. The van der Waals surface area contributed by atoms with E-state index in [0.29, 0.717) is 5.88 Å². The second kappa shape index (κ2) is 3.76. The third-order valence-electron chi connectivity index (χ3n) is 3.01. The molecule has 3 heteroatoms. The molecule has 78 valence electrons. The number of alkyl halides is 1. The number of aliphatic hydroxyl groups excluding tert-OH is 1. The summed E-state index contributed by atoms with van der Waals surface area (Å²) >= 11 is 5.89. The van der Waals surface area contributed by atoms with E-state index in [4.69, 9.17) is 11.6 Å². The Kier molecular flexibility index (Phi) is 3.26. The van der Waals surface area contributed by atoms with Crippen molar-refractivity contribution in [2.24, 2.45) is 5.41 Å². The van der Waals surface area contributed by atoms with Gasteiger partial charge in [0.15, 0.2) is 0 Å². The Morgan fingerprint density at radius 3 is 2.31 bits per heavy atom. The van der Waals surface area contributed by atoms with Crippen LogP contribution in [0.1, 0.15) is 27.2 Å². The van der Waals surface area contributed by atoms with Crippen LogP contribution in [0.3, 0.4) is 0 Å². The van der Waals surface area contributed by atoms with Gasteiger partial charge in [-0.05, 0) is 33.7 Å². The van der Waals surface area contributed by atoms with E-state index >= 15 is 0 Å². The number of nitrogens with zero attached hydrogens (tertiary/aromatic N) is 1. The van der Waals surface area contributed by atoms with Crippen molar-refractivity contribution in [2.45, 2.75) is 32.7 Å². The van der Waals surface area contributed by atoms with Crippen molar-refractivity contribution in [1.82, 2.24) is 4.90 Å². The largest absolute Gasteiger partial charge is 0.396 e. The summed E-state index contributed by atoms with van der Waals surface area (Å²) in [5.41, 5.74) is 0.151. The third kappa shape index (κ3) is 2.36. The van der Waals surface area contributed by atoms with Gasteiger partial charge in [-0.2, -0.15) is 0 Å². The summed E-state index contributed by atoms with van der Waals surface area (Å²) in [5, 5.41) is 9.29. The first-order valence-electron chi connectivity index (χ1n) is 4.85. The van der Waals surface area contributed by atoms with Gasteiger partial charge in [0, 0.05) is 23.4 Å². The fraction of sp³-hybridized carbons (Fsp3) is 1.00. The summed E-state index contributed by atoms with van der Waals surface area (Å²) in [4.78, 5) is 2.39. The summed E-state index contributed by atoms with van der Waals surface area (Å²) in [7, 11) is 0. The Bertz CT molecular complexity index is 172.